The fraction of sp³-hybridized carbons (Fsp3) is 0.800. The molecule has 4 atom stereocenters. The molecule has 0 bridgehead atoms. The number of urea groups is 1. The zero-order valence-electron chi connectivity index (χ0n) is 9.34. The van der Waals surface area contributed by atoms with E-state index in [2.05, 4.69) is 5.32 Å². The van der Waals surface area contributed by atoms with Gasteiger partial charge in [-0.1, -0.05) is 6.92 Å². The van der Waals surface area contributed by atoms with E-state index in [1.165, 1.54) is 4.90 Å². The third-order valence-electron chi connectivity index (χ3n) is 3.11. The molecule has 16 heavy (non-hydrogen) atoms. The summed E-state index contributed by atoms with van der Waals surface area (Å²) in [4.78, 5) is 24.3. The molecule has 2 aliphatic heterocycles. The molecule has 0 spiro atoms. The molecule has 2 saturated heterocycles. The van der Waals surface area contributed by atoms with E-state index < -0.39 is 18.4 Å². The number of amides is 3. The second-order valence-corrected chi connectivity index (χ2v) is 4.45. The molecular weight excluding hydrogens is 212 g/mol. The number of aliphatic hydroxyl groups excluding tert-OH is 1. The van der Waals surface area contributed by atoms with Gasteiger partial charge in [-0.3, -0.25) is 15.0 Å². The Balaban J connectivity index is 2.04. The van der Waals surface area contributed by atoms with Crippen molar-refractivity contribution in [1.29, 1.82) is 0 Å². The van der Waals surface area contributed by atoms with Crippen molar-refractivity contribution in [3.05, 3.63) is 0 Å². The monoisotopic (exact) mass is 228 g/mol. The summed E-state index contributed by atoms with van der Waals surface area (Å²) in [5, 5.41) is 11.8. The van der Waals surface area contributed by atoms with Crippen molar-refractivity contribution in [2.45, 2.75) is 38.7 Å². The maximum atomic E-state index is 11.6. The smallest absolute Gasteiger partial charge is 0.326 e. The normalized spacial score (nSPS) is 40.1. The largest absolute Gasteiger partial charge is 0.390 e. The van der Waals surface area contributed by atoms with Crippen LogP contribution in [0.5, 0.6) is 0 Å². The minimum atomic E-state index is -0.550. The van der Waals surface area contributed by atoms with Gasteiger partial charge < -0.3 is 9.84 Å². The third-order valence-corrected chi connectivity index (χ3v) is 3.11. The number of nitrogens with one attached hydrogen (secondary N) is 1. The van der Waals surface area contributed by atoms with Gasteiger partial charge in [-0.05, 0) is 6.92 Å². The number of hydrogen-bond donors (Lipinski definition) is 2. The molecular formula is C10H16N2O4. The predicted octanol–water partition coefficient (Wildman–Crippen LogP) is -0.330. The van der Waals surface area contributed by atoms with Gasteiger partial charge in [0.15, 0.2) is 0 Å². The molecule has 0 aliphatic carbocycles. The highest BCUT2D eigenvalue weighted by molar-refractivity contribution is 5.97. The van der Waals surface area contributed by atoms with E-state index in [0.717, 1.165) is 0 Å². The maximum absolute atomic E-state index is 11.6. The first-order chi connectivity index (χ1) is 7.49. The van der Waals surface area contributed by atoms with Crippen molar-refractivity contribution in [2.75, 3.05) is 6.54 Å². The summed E-state index contributed by atoms with van der Waals surface area (Å²) < 4.78 is 5.47. The van der Waals surface area contributed by atoms with Gasteiger partial charge in [0.25, 0.3) is 0 Å². The van der Waals surface area contributed by atoms with Gasteiger partial charge in [-0.25, -0.2) is 4.79 Å². The Morgan fingerprint density at radius 3 is 2.69 bits per heavy atom. The first-order valence-electron chi connectivity index (χ1n) is 5.44. The van der Waals surface area contributed by atoms with Gasteiger partial charge >= 0.3 is 6.03 Å². The maximum Gasteiger partial charge on any atom is 0.326 e. The lowest BCUT2D eigenvalue weighted by molar-refractivity contribution is -0.127. The van der Waals surface area contributed by atoms with Crippen LogP contribution in [0, 0.1) is 5.92 Å². The van der Waals surface area contributed by atoms with Gasteiger partial charge in [0, 0.05) is 13.0 Å². The Morgan fingerprint density at radius 1 is 1.44 bits per heavy atom. The molecule has 0 saturated carbocycles. The highest BCUT2D eigenvalue weighted by atomic mass is 16.5. The van der Waals surface area contributed by atoms with Crippen molar-refractivity contribution in [1.82, 2.24) is 10.2 Å². The van der Waals surface area contributed by atoms with Crippen molar-refractivity contribution in [2.24, 2.45) is 5.92 Å². The summed E-state index contributed by atoms with van der Waals surface area (Å²) in [7, 11) is 0. The minimum absolute atomic E-state index is 0.241. The van der Waals surface area contributed by atoms with Crippen LogP contribution < -0.4 is 5.32 Å². The number of rotatable bonds is 1. The fourth-order valence-corrected chi connectivity index (χ4v) is 2.00. The molecule has 0 aromatic rings. The molecule has 3 amide bonds. The van der Waals surface area contributed by atoms with Gasteiger partial charge in [0.2, 0.25) is 5.91 Å². The van der Waals surface area contributed by atoms with E-state index in [4.69, 9.17) is 4.74 Å². The lowest BCUT2D eigenvalue weighted by Crippen LogP contribution is -2.57. The minimum Gasteiger partial charge on any atom is -0.390 e. The van der Waals surface area contributed by atoms with E-state index in [-0.39, 0.29) is 17.9 Å². The summed E-state index contributed by atoms with van der Waals surface area (Å²) >= 11 is 0. The molecule has 0 aromatic carbocycles. The number of nitrogens with zero attached hydrogens (tertiary/aromatic N) is 1. The standard InChI is InChI=1S/C10H16N2O4/c1-5-4-12(10(15)11-9(5)14)8-3-7(13)6(2)16-8/h5-8,13H,3-4H2,1-2H3,(H,11,14,15)/t5?,6-,7+,8-/m1/s1. The van der Waals surface area contributed by atoms with Crippen LogP contribution in [0.3, 0.4) is 0 Å². The van der Waals surface area contributed by atoms with Crippen molar-refractivity contribution in [3.8, 4) is 0 Å². The highest BCUT2D eigenvalue weighted by Gasteiger charge is 2.40. The van der Waals surface area contributed by atoms with E-state index in [9.17, 15) is 14.7 Å². The number of ether oxygens (including phenoxy) is 1. The Morgan fingerprint density at radius 2 is 2.12 bits per heavy atom. The molecule has 2 aliphatic rings. The van der Waals surface area contributed by atoms with Crippen LogP contribution in [0.4, 0.5) is 4.79 Å². The Hall–Kier alpha value is -1.14. The van der Waals surface area contributed by atoms with Crippen LogP contribution in [-0.2, 0) is 9.53 Å². The van der Waals surface area contributed by atoms with Crippen molar-refractivity contribution in [3.63, 3.8) is 0 Å². The molecule has 0 aromatic heterocycles. The second-order valence-electron chi connectivity index (χ2n) is 4.45. The van der Waals surface area contributed by atoms with Gasteiger partial charge in [-0.2, -0.15) is 0 Å². The summed E-state index contributed by atoms with van der Waals surface area (Å²) in [6.07, 6.45) is -0.854. The van der Waals surface area contributed by atoms with Gasteiger partial charge in [-0.15, -0.1) is 0 Å². The quantitative estimate of drug-likeness (QED) is 0.644. The molecule has 2 N–H and O–H groups in total. The molecule has 2 heterocycles. The molecule has 1 unspecified atom stereocenters. The molecule has 2 fully saturated rings. The molecule has 6 heteroatoms. The highest BCUT2D eigenvalue weighted by Crippen LogP contribution is 2.25. The number of aliphatic hydroxyl groups is 1. The molecule has 2 rings (SSSR count). The van der Waals surface area contributed by atoms with Gasteiger partial charge in [0.1, 0.15) is 6.23 Å². The van der Waals surface area contributed by atoms with E-state index in [0.29, 0.717) is 13.0 Å². The van der Waals surface area contributed by atoms with E-state index in [1.54, 1.807) is 13.8 Å². The molecule has 90 valence electrons. The predicted molar refractivity (Wildman–Crippen MR) is 54.4 cm³/mol. The van der Waals surface area contributed by atoms with E-state index >= 15 is 0 Å². The SMILES string of the molecule is CC1CN([C@H]2C[C@H](O)[C@@H](C)O2)C(=O)NC1=O. The lowest BCUT2D eigenvalue weighted by atomic mass is 10.1. The van der Waals surface area contributed by atoms with Crippen LogP contribution in [0.25, 0.3) is 0 Å². The Kier molecular flexibility index (Phi) is 2.86. The van der Waals surface area contributed by atoms with Crippen LogP contribution in [-0.4, -0.2) is 46.9 Å². The first-order valence-corrected chi connectivity index (χ1v) is 5.44. The number of imide groups is 1. The van der Waals surface area contributed by atoms with E-state index in [1.807, 2.05) is 0 Å². The average molecular weight is 228 g/mol. The topological polar surface area (TPSA) is 78.9 Å². The van der Waals surface area contributed by atoms with Crippen LogP contribution >= 0.6 is 0 Å². The Bertz CT molecular complexity index is 310. The summed E-state index contributed by atoms with van der Waals surface area (Å²) in [5.41, 5.74) is 0. The summed E-state index contributed by atoms with van der Waals surface area (Å²) in [5.74, 6) is -0.498. The van der Waals surface area contributed by atoms with Crippen molar-refractivity contribution >= 4 is 11.9 Å². The summed E-state index contributed by atoms with van der Waals surface area (Å²) in [6, 6.07) is -0.436. The Labute approximate surface area is 93.6 Å². The third kappa shape index (κ3) is 1.90. The summed E-state index contributed by atoms with van der Waals surface area (Å²) in [6.45, 7) is 3.86. The number of carbonyl (C=O) groups excluding carboxylic acids is 2. The van der Waals surface area contributed by atoms with Crippen LogP contribution in [0.1, 0.15) is 20.3 Å². The average Bonchev–Trinajstić information content (AvgIpc) is 2.53. The molecule has 0 radical (unpaired) electrons. The molecule has 6 nitrogen and oxygen atoms in total. The zero-order chi connectivity index (χ0) is 11.9. The zero-order valence-corrected chi connectivity index (χ0v) is 9.34. The van der Waals surface area contributed by atoms with Crippen molar-refractivity contribution < 1.29 is 19.4 Å². The first kappa shape index (κ1) is 11.3. The van der Waals surface area contributed by atoms with Crippen LogP contribution in [0.15, 0.2) is 0 Å². The lowest BCUT2D eigenvalue weighted by Gasteiger charge is -2.34. The van der Waals surface area contributed by atoms with Crippen LogP contribution in [0.2, 0.25) is 0 Å². The second kappa shape index (κ2) is 4.03. The fourth-order valence-electron chi connectivity index (χ4n) is 2.00. The number of carbonyl (C=O) groups is 2. The van der Waals surface area contributed by atoms with Gasteiger partial charge in [0.05, 0.1) is 18.1 Å². The number of hydrogen-bond acceptors (Lipinski definition) is 4.